The standard InChI is InChI=1S/C47H27N3S2.C46H27FN2S2/c48-28-29-14-16-31(17-15-29)42-27-41(30-8-2-1-3-9-30)49-47(50-42)36-23-34(32-18-20-45-39(25-32)37-10-4-6-12-43(37)51-45)22-35(24-36)33-19-21-46-40(26-33)38-11-5-7-13-44(38)52-46;47-35-18-14-29(15-19-35)41-27-40(28-8-2-1-3-9-28)48-46(49-41)34-23-32(30-16-20-44-38(25-30)36-10-4-6-12-42(36)50-44)22-33(24-34)31-17-21-45-39(26-31)37-11-5-7-13-43(37)51-45/h1-27H;1-27H. The van der Waals surface area contributed by atoms with Crippen LogP contribution in [0.2, 0.25) is 0 Å². The molecule has 0 aliphatic heterocycles. The van der Waals surface area contributed by atoms with Crippen LogP contribution in [0.5, 0.6) is 0 Å². The highest BCUT2D eigenvalue weighted by Crippen LogP contribution is 2.45. The number of benzene rings is 14. The van der Waals surface area contributed by atoms with Gasteiger partial charge in [0, 0.05) is 114 Å². The van der Waals surface area contributed by atoms with E-state index in [1.807, 2.05) is 118 Å². The lowest BCUT2D eigenvalue weighted by Crippen LogP contribution is -1.97. The van der Waals surface area contributed by atoms with Crippen molar-refractivity contribution >= 4 is 126 Å². The quantitative estimate of drug-likeness (QED) is 0.136. The summed E-state index contributed by atoms with van der Waals surface area (Å²) in [4.78, 5) is 20.7. The maximum Gasteiger partial charge on any atom is 0.160 e. The zero-order valence-corrected chi connectivity index (χ0v) is 58.2. The lowest BCUT2D eigenvalue weighted by atomic mass is 9.94. The third-order valence-electron chi connectivity index (χ3n) is 19.3. The first-order valence-corrected chi connectivity index (χ1v) is 37.2. The van der Waals surface area contributed by atoms with E-state index < -0.39 is 0 Å². The Balaban J connectivity index is 0.000000142. The Morgan fingerprint density at radius 1 is 0.214 bits per heavy atom. The molecule has 6 heterocycles. The molecule has 0 unspecified atom stereocenters. The number of fused-ring (bicyclic) bond motifs is 12. The first-order chi connectivity index (χ1) is 50.8. The van der Waals surface area contributed by atoms with E-state index in [4.69, 9.17) is 19.9 Å². The zero-order valence-electron chi connectivity index (χ0n) is 54.9. The first-order valence-electron chi connectivity index (χ1n) is 33.9. The van der Waals surface area contributed by atoms with Crippen LogP contribution in [0.15, 0.2) is 328 Å². The summed E-state index contributed by atoms with van der Waals surface area (Å²) in [7, 11) is 0. The second kappa shape index (κ2) is 25.9. The Bertz CT molecular complexity index is 6500. The van der Waals surface area contributed by atoms with Crippen LogP contribution in [0, 0.1) is 17.1 Å². The van der Waals surface area contributed by atoms with Gasteiger partial charge in [0.1, 0.15) is 5.82 Å². The van der Waals surface area contributed by atoms with Gasteiger partial charge < -0.3 is 0 Å². The van der Waals surface area contributed by atoms with E-state index in [0.717, 1.165) is 101 Å². The Hall–Kier alpha value is -12.5. The number of aromatic nitrogens is 4. The number of hydrogen-bond donors (Lipinski definition) is 0. The molecule has 0 amide bonds. The van der Waals surface area contributed by atoms with E-state index in [-0.39, 0.29) is 5.82 Å². The summed E-state index contributed by atoms with van der Waals surface area (Å²) in [5.74, 6) is 0.982. The summed E-state index contributed by atoms with van der Waals surface area (Å²) in [6.07, 6.45) is 0. The minimum absolute atomic E-state index is 0.278. The van der Waals surface area contributed by atoms with Crippen LogP contribution in [0.3, 0.4) is 0 Å². The van der Waals surface area contributed by atoms with Crippen molar-refractivity contribution in [1.82, 2.24) is 19.9 Å². The van der Waals surface area contributed by atoms with Crippen LogP contribution in [0.25, 0.3) is 193 Å². The molecule has 10 heteroatoms. The van der Waals surface area contributed by atoms with Crippen molar-refractivity contribution in [3.05, 3.63) is 339 Å². The van der Waals surface area contributed by atoms with Crippen LogP contribution in [-0.4, -0.2) is 19.9 Å². The molecule has 20 aromatic rings. The average molecular weight is 1390 g/mol. The van der Waals surface area contributed by atoms with E-state index in [9.17, 15) is 9.65 Å². The van der Waals surface area contributed by atoms with E-state index >= 15 is 0 Å². The van der Waals surface area contributed by atoms with Crippen LogP contribution in [0.4, 0.5) is 4.39 Å². The summed E-state index contributed by atoms with van der Waals surface area (Å²) in [6, 6.07) is 116. The molecule has 14 aromatic carbocycles. The molecule has 0 radical (unpaired) electrons. The molecule has 0 spiro atoms. The van der Waals surface area contributed by atoms with Crippen molar-refractivity contribution < 1.29 is 4.39 Å². The fourth-order valence-electron chi connectivity index (χ4n) is 14.1. The lowest BCUT2D eigenvalue weighted by molar-refractivity contribution is 0.628. The summed E-state index contributed by atoms with van der Waals surface area (Å²) in [5.41, 5.74) is 18.4. The second-order valence-corrected chi connectivity index (χ2v) is 30.0. The van der Waals surface area contributed by atoms with Gasteiger partial charge in [-0.25, -0.2) is 24.3 Å². The Kier molecular flexibility index (Phi) is 15.5. The average Bonchev–Trinajstić information content (AvgIpc) is 0.907. The number of rotatable bonds is 10. The van der Waals surface area contributed by atoms with E-state index in [2.05, 4.69) is 237 Å². The van der Waals surface area contributed by atoms with Gasteiger partial charge in [0.15, 0.2) is 11.6 Å². The molecule has 6 aromatic heterocycles. The largest absolute Gasteiger partial charge is 0.228 e. The lowest BCUT2D eigenvalue weighted by Gasteiger charge is -2.13. The number of hydrogen-bond acceptors (Lipinski definition) is 9. The number of thiophene rings is 4. The van der Waals surface area contributed by atoms with Crippen molar-refractivity contribution in [2.75, 3.05) is 0 Å². The van der Waals surface area contributed by atoms with Crippen molar-refractivity contribution in [2.45, 2.75) is 0 Å². The summed E-state index contributed by atoms with van der Waals surface area (Å²) in [5, 5.41) is 19.6. The van der Waals surface area contributed by atoms with Gasteiger partial charge in [-0.1, -0.05) is 170 Å². The SMILES string of the molecule is Fc1ccc(-c2cc(-c3ccccc3)nc(-c3cc(-c4ccc5sc6ccccc6c5c4)cc(-c4ccc5sc6ccccc6c5c4)c3)n2)cc1.N#Cc1ccc(-c2cc(-c3ccccc3)nc(-c3cc(-c4ccc5sc6ccccc6c5c4)cc(-c4ccc5sc6ccccc6c5c4)c3)n2)cc1. The smallest absolute Gasteiger partial charge is 0.160 e. The zero-order chi connectivity index (χ0) is 68.5. The molecule has 0 aliphatic carbocycles. The maximum absolute atomic E-state index is 14.0. The van der Waals surface area contributed by atoms with Crippen LogP contribution >= 0.6 is 45.3 Å². The Morgan fingerprint density at radius 2 is 0.466 bits per heavy atom. The molecule has 5 nitrogen and oxygen atoms in total. The fourth-order valence-corrected chi connectivity index (χ4v) is 18.4. The van der Waals surface area contributed by atoms with Crippen molar-refractivity contribution in [2.24, 2.45) is 0 Å². The molecule has 0 saturated heterocycles. The summed E-state index contributed by atoms with van der Waals surface area (Å²) >= 11 is 7.32. The third-order valence-corrected chi connectivity index (χ3v) is 23.9. The molecule has 0 fully saturated rings. The van der Waals surface area contributed by atoms with Gasteiger partial charge in [0.05, 0.1) is 34.4 Å². The molecule has 0 N–H and O–H groups in total. The predicted octanol–water partition coefficient (Wildman–Crippen LogP) is 27.1. The number of nitrogens with zero attached hydrogens (tertiary/aromatic N) is 5. The molecule has 482 valence electrons. The number of halogens is 1. The van der Waals surface area contributed by atoms with Gasteiger partial charge in [-0.15, -0.1) is 45.3 Å². The molecule has 0 aliphatic rings. The monoisotopic (exact) mass is 1390 g/mol. The molecule has 103 heavy (non-hydrogen) atoms. The van der Waals surface area contributed by atoms with Gasteiger partial charge in [-0.3, -0.25) is 0 Å². The predicted molar refractivity (Wildman–Crippen MR) is 435 cm³/mol. The van der Waals surface area contributed by atoms with Crippen LogP contribution in [-0.2, 0) is 0 Å². The molecule has 0 saturated carbocycles. The topological polar surface area (TPSA) is 75.3 Å². The van der Waals surface area contributed by atoms with Crippen molar-refractivity contribution in [3.8, 4) is 118 Å². The molecule has 0 atom stereocenters. The Labute approximate surface area is 608 Å². The highest BCUT2D eigenvalue weighted by atomic mass is 32.1. The maximum atomic E-state index is 14.0. The van der Waals surface area contributed by atoms with Gasteiger partial charge >= 0.3 is 0 Å². The summed E-state index contributed by atoms with van der Waals surface area (Å²) in [6.45, 7) is 0. The molecule has 0 bridgehead atoms. The fraction of sp³-hybridized carbons (Fsp3) is 0. The molecule has 20 rings (SSSR count). The van der Waals surface area contributed by atoms with Gasteiger partial charge in [-0.05, 0) is 202 Å². The van der Waals surface area contributed by atoms with Gasteiger partial charge in [0.25, 0.3) is 0 Å². The Morgan fingerprint density at radius 3 is 0.777 bits per heavy atom. The third kappa shape index (κ3) is 11.8. The number of nitriles is 1. The minimum atomic E-state index is -0.278. The van der Waals surface area contributed by atoms with Crippen molar-refractivity contribution in [3.63, 3.8) is 0 Å². The highest BCUT2D eigenvalue weighted by Gasteiger charge is 2.20. The first kappa shape index (κ1) is 61.6. The van der Waals surface area contributed by atoms with Gasteiger partial charge in [0.2, 0.25) is 0 Å². The van der Waals surface area contributed by atoms with Crippen LogP contribution < -0.4 is 0 Å². The van der Waals surface area contributed by atoms with Crippen LogP contribution in [0.1, 0.15) is 5.56 Å². The van der Waals surface area contributed by atoms with E-state index in [1.165, 1.54) is 92.8 Å². The van der Waals surface area contributed by atoms with E-state index in [1.54, 1.807) is 12.1 Å². The van der Waals surface area contributed by atoms with E-state index in [0.29, 0.717) is 17.2 Å². The van der Waals surface area contributed by atoms with Crippen molar-refractivity contribution in [1.29, 1.82) is 5.26 Å². The molecular formula is C93H54FN5S4. The minimum Gasteiger partial charge on any atom is -0.228 e. The highest BCUT2D eigenvalue weighted by molar-refractivity contribution is 7.27. The van der Waals surface area contributed by atoms with Gasteiger partial charge in [-0.2, -0.15) is 5.26 Å². The molecular weight excluding hydrogens is 1330 g/mol. The summed E-state index contributed by atoms with van der Waals surface area (Å²) < 4.78 is 24.3. The second-order valence-electron chi connectivity index (χ2n) is 25.7. The normalized spacial score (nSPS) is 11.5.